The van der Waals surface area contributed by atoms with E-state index in [1.807, 2.05) is 6.08 Å². The summed E-state index contributed by atoms with van der Waals surface area (Å²) >= 11 is 0. The van der Waals surface area contributed by atoms with E-state index >= 15 is 0 Å². The van der Waals surface area contributed by atoms with Crippen LogP contribution in [0.15, 0.2) is 23.5 Å². The minimum absolute atomic E-state index is 0.0271. The van der Waals surface area contributed by atoms with Gasteiger partial charge in [0.15, 0.2) is 11.4 Å². The van der Waals surface area contributed by atoms with Crippen molar-refractivity contribution in [2.45, 2.75) is 192 Å². The molecule has 0 radical (unpaired) electrons. The van der Waals surface area contributed by atoms with E-state index < -0.39 is 112 Å². The highest BCUT2D eigenvalue weighted by Crippen LogP contribution is 2.71. The van der Waals surface area contributed by atoms with E-state index in [1.165, 1.54) is 0 Å². The number of carbonyl (C=O) groups is 2. The van der Waals surface area contributed by atoms with Crippen molar-refractivity contribution in [1.29, 1.82) is 0 Å². The smallest absolute Gasteiger partial charge is 0.166 e. The lowest BCUT2D eigenvalue weighted by Gasteiger charge is -2.69. The molecule has 8 aliphatic carbocycles. The lowest BCUT2D eigenvalue weighted by molar-refractivity contribution is -0.261. The Hall–Kier alpha value is -1.78. The normalized spacial score (nSPS) is 52.1. The fraction of sp³-hybridized carbons (Fsp3) is 0.882. The third-order valence-corrected chi connectivity index (χ3v) is 20.5. The van der Waals surface area contributed by atoms with E-state index in [4.69, 9.17) is 5.73 Å². The van der Waals surface area contributed by atoms with Crippen molar-refractivity contribution < 1.29 is 60.7 Å². The molecule has 64 heavy (non-hydrogen) atoms. The van der Waals surface area contributed by atoms with Crippen LogP contribution in [0.3, 0.4) is 0 Å². The topological polar surface area (TPSA) is 262 Å². The Balaban J connectivity index is 0.835. The summed E-state index contributed by atoms with van der Waals surface area (Å²) in [7, 11) is 0. The van der Waals surface area contributed by atoms with Crippen LogP contribution in [-0.4, -0.2) is 117 Å². The van der Waals surface area contributed by atoms with Crippen LogP contribution in [0.25, 0.3) is 0 Å². The van der Waals surface area contributed by atoms with Gasteiger partial charge in [-0.2, -0.15) is 0 Å². The summed E-state index contributed by atoms with van der Waals surface area (Å²) in [5.74, 6) is -4.72. The van der Waals surface area contributed by atoms with Gasteiger partial charge in [-0.15, -0.1) is 0 Å². The second-order valence-corrected chi connectivity index (χ2v) is 23.8. The number of aliphatic hydroxyl groups excluding tert-OH is 9. The minimum Gasteiger partial charge on any atom is -0.509 e. The number of fused-ring (bicyclic) bond motifs is 6. The number of unbranched alkanes of at least 4 members (excludes halogenated alkanes) is 5. The van der Waals surface area contributed by atoms with Crippen LogP contribution in [0.4, 0.5) is 0 Å². The first-order chi connectivity index (χ1) is 30.0. The van der Waals surface area contributed by atoms with Crippen LogP contribution in [-0.2, 0) is 9.59 Å². The van der Waals surface area contributed by atoms with Gasteiger partial charge in [-0.1, -0.05) is 84.8 Å². The van der Waals surface area contributed by atoms with E-state index in [2.05, 4.69) is 33.8 Å². The maximum absolute atomic E-state index is 14.7. The number of allylic oxidation sites excluding steroid dienone is 1. The molecular formula is C51H81NO12. The Morgan fingerprint density at radius 3 is 2.12 bits per heavy atom. The molecule has 0 bridgehead atoms. The number of Topliss-reactive ketones (excluding diaryl/α,β-unsaturated/α-hetero) is 2. The Bertz CT molecular complexity index is 1820. The van der Waals surface area contributed by atoms with Crippen molar-refractivity contribution in [3.63, 3.8) is 0 Å². The fourth-order valence-electron chi connectivity index (χ4n) is 17.4. The quantitative estimate of drug-likeness (QED) is 0.0802. The molecule has 0 aromatic carbocycles. The van der Waals surface area contributed by atoms with Gasteiger partial charge < -0.3 is 56.8 Å². The van der Waals surface area contributed by atoms with Crippen molar-refractivity contribution in [3.05, 3.63) is 23.5 Å². The third-order valence-electron chi connectivity index (χ3n) is 20.5. The summed E-state index contributed by atoms with van der Waals surface area (Å²) in [5.41, 5.74) is 1.35. The van der Waals surface area contributed by atoms with E-state index in [0.717, 1.165) is 64.2 Å². The molecule has 0 aliphatic heterocycles. The Morgan fingerprint density at radius 1 is 0.812 bits per heavy atom. The molecule has 8 rings (SSSR count). The van der Waals surface area contributed by atoms with Gasteiger partial charge in [0.25, 0.3) is 0 Å². The van der Waals surface area contributed by atoms with E-state index in [-0.39, 0.29) is 53.1 Å². The van der Waals surface area contributed by atoms with E-state index in [9.17, 15) is 60.7 Å². The molecule has 6 fully saturated rings. The lowest BCUT2D eigenvalue weighted by Crippen LogP contribution is -2.70. The van der Waals surface area contributed by atoms with Crippen molar-refractivity contribution in [3.8, 4) is 0 Å². The summed E-state index contributed by atoms with van der Waals surface area (Å²) in [4.78, 5) is 27.6. The number of aliphatic hydroxyl groups is 10. The molecule has 0 amide bonds. The molecule has 6 saturated carbocycles. The van der Waals surface area contributed by atoms with Crippen molar-refractivity contribution in [2.24, 2.45) is 93.0 Å². The molecule has 0 aromatic heterocycles. The summed E-state index contributed by atoms with van der Waals surface area (Å²) in [6.07, 6.45) is 7.60. The molecule has 24 atom stereocenters. The number of nitrogens with two attached hydrogens (primary N) is 1. The standard InChI is InChI=1S/C51H81NO12/c1-24-41-43(59)39-31(21-48(41,3)23-49(4)22-35(57)36(25(2)53)44(60)50(24,49)5)27(15-17-33(39)55)13-11-9-7-6-8-10-12-26-14-16-32(54)38-30(26)19-28-18-29-20-34(56)40(47(52)63)46(62)51(29,64)45(61)37(28)42(38)58/h15,17,24-33,35-39,41-42,44-45,47,53-55,57-58,60-64H,6-14,16,18-23,52H2,1-5H3/t24?,25?,26?,27?,28-,29+,30?,31?,32?,33?,35?,36?,37?,38?,39?,41?,42?,44?,45?,47?,48+,49-,50-,51+/m1/s1. The van der Waals surface area contributed by atoms with Gasteiger partial charge in [0, 0.05) is 41.4 Å². The molecule has 362 valence electrons. The highest BCUT2D eigenvalue weighted by atomic mass is 16.4. The molecule has 12 N–H and O–H groups in total. The molecular weight excluding hydrogens is 819 g/mol. The van der Waals surface area contributed by atoms with Gasteiger partial charge in [-0.05, 0) is 105 Å². The maximum atomic E-state index is 14.7. The van der Waals surface area contributed by atoms with Crippen molar-refractivity contribution in [2.75, 3.05) is 0 Å². The van der Waals surface area contributed by atoms with E-state index in [0.29, 0.717) is 38.0 Å². The Morgan fingerprint density at radius 2 is 1.47 bits per heavy atom. The second-order valence-electron chi connectivity index (χ2n) is 23.8. The number of rotatable bonds is 11. The van der Waals surface area contributed by atoms with E-state index in [1.54, 1.807) is 6.92 Å². The maximum Gasteiger partial charge on any atom is 0.166 e. The van der Waals surface area contributed by atoms with Gasteiger partial charge in [-0.25, -0.2) is 0 Å². The summed E-state index contributed by atoms with van der Waals surface area (Å²) < 4.78 is 0. The Labute approximate surface area is 379 Å². The van der Waals surface area contributed by atoms with Gasteiger partial charge in [-0.3, -0.25) is 9.59 Å². The van der Waals surface area contributed by atoms with Crippen LogP contribution in [0.5, 0.6) is 0 Å². The van der Waals surface area contributed by atoms with Crippen LogP contribution in [0, 0.1) is 87.3 Å². The van der Waals surface area contributed by atoms with Gasteiger partial charge in [0.2, 0.25) is 0 Å². The first-order valence-corrected chi connectivity index (χ1v) is 25.1. The molecule has 13 heteroatoms. The lowest BCUT2D eigenvalue weighted by atomic mass is 9.35. The summed E-state index contributed by atoms with van der Waals surface area (Å²) in [6, 6.07) is 0. The number of ketones is 2. The zero-order chi connectivity index (χ0) is 46.6. The molecule has 0 spiro atoms. The van der Waals surface area contributed by atoms with Crippen LogP contribution < -0.4 is 5.73 Å². The van der Waals surface area contributed by atoms with Crippen molar-refractivity contribution in [1.82, 2.24) is 0 Å². The van der Waals surface area contributed by atoms with Gasteiger partial charge in [0.1, 0.15) is 17.8 Å². The number of hydrogen-bond acceptors (Lipinski definition) is 13. The predicted octanol–water partition coefficient (Wildman–Crippen LogP) is 3.83. The van der Waals surface area contributed by atoms with Gasteiger partial charge >= 0.3 is 0 Å². The van der Waals surface area contributed by atoms with Crippen LogP contribution >= 0.6 is 0 Å². The molecule has 0 aromatic rings. The average Bonchev–Trinajstić information content (AvgIpc) is 3.19. The van der Waals surface area contributed by atoms with Crippen LogP contribution in [0.2, 0.25) is 0 Å². The average molecular weight is 900 g/mol. The number of carbonyl (C=O) groups excluding carboxylic acids is 2. The first-order valence-electron chi connectivity index (χ1n) is 25.1. The predicted molar refractivity (Wildman–Crippen MR) is 237 cm³/mol. The Kier molecular flexibility index (Phi) is 13.4. The SMILES string of the molecule is CC(O)C1C(O)C[C@]2(C)C[C@]3(C)CC4C(CCCCCCCCC5CCC(O)C6C(O)C7C(O)[C@]8(O)C(O)=C(C(N)O)C(=O)C[C@@H]8C[C@@H]7CC56)C=CC(O)C4C(=O)C3C(C)[C@]2(C)C1O. The minimum atomic E-state index is -2.22. The van der Waals surface area contributed by atoms with Crippen LogP contribution in [0.1, 0.15) is 137 Å². The zero-order valence-corrected chi connectivity index (χ0v) is 38.9. The largest absolute Gasteiger partial charge is 0.509 e. The summed E-state index contributed by atoms with van der Waals surface area (Å²) in [6.45, 7) is 10.1. The zero-order valence-electron chi connectivity index (χ0n) is 38.9. The fourth-order valence-corrected chi connectivity index (χ4v) is 17.4. The van der Waals surface area contributed by atoms with Crippen molar-refractivity contribution >= 4 is 11.6 Å². The third kappa shape index (κ3) is 7.46. The molecule has 0 saturated heterocycles. The summed E-state index contributed by atoms with van der Waals surface area (Å²) in [5, 5.41) is 112. The molecule has 18 unspecified atom stereocenters. The molecule has 13 nitrogen and oxygen atoms in total. The highest BCUT2D eigenvalue weighted by molar-refractivity contribution is 5.98. The first kappa shape index (κ1) is 48.7. The molecule has 0 heterocycles. The second kappa shape index (κ2) is 17.6. The monoisotopic (exact) mass is 900 g/mol. The molecule has 8 aliphatic rings. The van der Waals surface area contributed by atoms with Gasteiger partial charge in [0.05, 0.1) is 54.2 Å². The highest BCUT2D eigenvalue weighted by Gasteiger charge is 2.71. The number of hydrogen-bond donors (Lipinski definition) is 11.